The lowest BCUT2D eigenvalue weighted by molar-refractivity contribution is -0.114. The second-order valence-corrected chi connectivity index (χ2v) is 12.5. The Balaban J connectivity index is 0. The zero-order valence-corrected chi connectivity index (χ0v) is 25.7. The molecule has 43 heavy (non-hydrogen) atoms. The number of nitrogens with zero attached hydrogens (tertiary/aromatic N) is 1. The van der Waals surface area contributed by atoms with Crippen molar-refractivity contribution >= 4 is 56.4 Å². The van der Waals surface area contributed by atoms with E-state index in [2.05, 4.69) is 10.3 Å². The Kier molecular flexibility index (Phi) is 15.3. The van der Waals surface area contributed by atoms with Gasteiger partial charge in [-0.25, -0.2) is 0 Å². The standard InChI is InChI=1S/C27H28F3NO5S.3CH4.3H2S/c1-25-15-22(16-2-6-19(7-3-16)36-37(34,35)27(28,29)30)24-20-9-5-18(32)14-17(20)4-8-21(24)23(25)10-11-26(25,33)12-13-31;;;;;;/h2-3,6-7,14,21-23,33H,4-5,8-12,15H2,1H3;3*1H4;3*1H2/t21-,22+,23-,25-,26+;;;;;;/m0....../s1. The third-order valence-electron chi connectivity index (χ3n) is 9.20. The van der Waals surface area contributed by atoms with Crippen LogP contribution in [0.1, 0.15) is 92.1 Å². The molecule has 0 aromatic heterocycles. The van der Waals surface area contributed by atoms with Crippen molar-refractivity contribution in [3.63, 3.8) is 0 Å². The zero-order valence-electron chi connectivity index (χ0n) is 21.8. The van der Waals surface area contributed by atoms with Gasteiger partial charge in [-0.1, -0.05) is 46.9 Å². The molecule has 0 unspecified atom stereocenters. The van der Waals surface area contributed by atoms with Crippen molar-refractivity contribution in [2.24, 2.45) is 17.3 Å². The Morgan fingerprint density at radius 3 is 2.21 bits per heavy atom. The van der Waals surface area contributed by atoms with Crippen LogP contribution in [-0.2, 0) is 14.9 Å². The van der Waals surface area contributed by atoms with Crippen LogP contribution >= 0.6 is 40.5 Å². The molecule has 0 heterocycles. The molecule has 6 nitrogen and oxygen atoms in total. The van der Waals surface area contributed by atoms with Gasteiger partial charge in [0.2, 0.25) is 0 Å². The molecule has 4 aliphatic rings. The maximum Gasteiger partial charge on any atom is 0.534 e. The summed E-state index contributed by atoms with van der Waals surface area (Å²) in [5, 5.41) is 21.1. The molecule has 246 valence electrons. The molecule has 2 fully saturated rings. The number of aliphatic hydroxyl groups is 1. The lowest BCUT2D eigenvalue weighted by atomic mass is 9.51. The first kappa shape index (κ1) is 43.5. The van der Waals surface area contributed by atoms with E-state index in [-0.39, 0.29) is 92.7 Å². The fourth-order valence-electron chi connectivity index (χ4n) is 7.40. The molecule has 1 aromatic rings. The number of carbonyl (C=O) groups excluding carboxylic acids is 1. The number of halogens is 3. The molecule has 0 aliphatic heterocycles. The summed E-state index contributed by atoms with van der Waals surface area (Å²) in [6, 6.07) is 7.73. The largest absolute Gasteiger partial charge is 0.534 e. The fourth-order valence-corrected chi connectivity index (χ4v) is 7.86. The molecule has 5 rings (SSSR count). The number of benzene rings is 1. The number of rotatable bonds is 4. The third-order valence-corrected chi connectivity index (χ3v) is 10.2. The number of hydrogen-bond donors (Lipinski definition) is 1. The first-order valence-electron chi connectivity index (χ1n) is 12.5. The highest BCUT2D eigenvalue weighted by Gasteiger charge is 2.62. The van der Waals surface area contributed by atoms with Crippen LogP contribution in [-0.4, -0.2) is 30.4 Å². The first-order valence-corrected chi connectivity index (χ1v) is 13.9. The van der Waals surface area contributed by atoms with E-state index in [0.29, 0.717) is 25.7 Å². The number of ketones is 1. The van der Waals surface area contributed by atoms with E-state index < -0.39 is 32.4 Å². The second-order valence-electron chi connectivity index (χ2n) is 11.0. The van der Waals surface area contributed by atoms with Gasteiger partial charge < -0.3 is 9.29 Å². The summed E-state index contributed by atoms with van der Waals surface area (Å²) in [6.45, 7) is 2.04. The minimum Gasteiger partial charge on any atom is -0.388 e. The van der Waals surface area contributed by atoms with Gasteiger partial charge in [-0.3, -0.25) is 4.79 Å². The van der Waals surface area contributed by atoms with Crippen LogP contribution in [0.25, 0.3) is 0 Å². The Morgan fingerprint density at radius 1 is 1.05 bits per heavy atom. The quantitative estimate of drug-likeness (QED) is 0.257. The van der Waals surface area contributed by atoms with E-state index >= 15 is 0 Å². The molecule has 1 aromatic carbocycles. The molecular formula is C30H46F3NO5S4. The number of nitriles is 1. The summed E-state index contributed by atoms with van der Waals surface area (Å²) >= 11 is 0. The summed E-state index contributed by atoms with van der Waals surface area (Å²) in [7, 11) is -5.78. The molecule has 13 heteroatoms. The predicted molar refractivity (Wildman–Crippen MR) is 179 cm³/mol. The number of fused-ring (bicyclic) bond motifs is 4. The van der Waals surface area contributed by atoms with Crippen molar-refractivity contribution in [3.8, 4) is 11.8 Å². The van der Waals surface area contributed by atoms with Gasteiger partial charge in [0.1, 0.15) is 5.75 Å². The lowest BCUT2D eigenvalue weighted by Gasteiger charge is -2.54. The molecule has 0 spiro atoms. The Morgan fingerprint density at radius 2 is 1.65 bits per heavy atom. The minimum absolute atomic E-state index is 0. The predicted octanol–water partition coefficient (Wildman–Crippen LogP) is 7.71. The van der Waals surface area contributed by atoms with Gasteiger partial charge in [0, 0.05) is 17.8 Å². The molecule has 0 bridgehead atoms. The summed E-state index contributed by atoms with van der Waals surface area (Å²) in [6.07, 6.45) is 6.25. The minimum atomic E-state index is -5.78. The smallest absolute Gasteiger partial charge is 0.388 e. The molecule has 0 saturated heterocycles. The Hall–Kier alpha value is -1.59. The van der Waals surface area contributed by atoms with E-state index in [1.54, 1.807) is 18.2 Å². The number of carbonyl (C=O) groups is 1. The van der Waals surface area contributed by atoms with Gasteiger partial charge in [-0.05, 0) is 85.3 Å². The van der Waals surface area contributed by atoms with Gasteiger partial charge in [0.25, 0.3) is 0 Å². The average Bonchev–Trinajstić information content (AvgIpc) is 3.08. The lowest BCUT2D eigenvalue weighted by Crippen LogP contribution is -2.51. The van der Waals surface area contributed by atoms with Gasteiger partial charge >= 0.3 is 15.6 Å². The topological polar surface area (TPSA) is 104 Å². The van der Waals surface area contributed by atoms with Crippen LogP contribution in [0.5, 0.6) is 5.75 Å². The summed E-state index contributed by atoms with van der Waals surface area (Å²) in [5.74, 6) is -0.215. The molecule has 4 aliphatic carbocycles. The van der Waals surface area contributed by atoms with Crippen LogP contribution in [0.4, 0.5) is 13.2 Å². The molecule has 0 amide bonds. The van der Waals surface area contributed by atoms with Crippen molar-refractivity contribution in [2.45, 2.75) is 97.6 Å². The van der Waals surface area contributed by atoms with Crippen molar-refractivity contribution in [3.05, 3.63) is 52.6 Å². The molecule has 1 N–H and O–H groups in total. The van der Waals surface area contributed by atoms with Crippen LogP contribution < -0.4 is 4.18 Å². The van der Waals surface area contributed by atoms with E-state index in [1.165, 1.54) is 23.3 Å². The maximum atomic E-state index is 12.8. The highest BCUT2D eigenvalue weighted by Crippen LogP contribution is 2.67. The highest BCUT2D eigenvalue weighted by molar-refractivity contribution is 7.88. The Bertz CT molecular complexity index is 1350. The van der Waals surface area contributed by atoms with E-state index in [1.807, 2.05) is 6.92 Å². The fraction of sp³-hybridized carbons (Fsp3) is 0.600. The van der Waals surface area contributed by atoms with Gasteiger partial charge in [-0.2, -0.15) is 67.3 Å². The van der Waals surface area contributed by atoms with Gasteiger partial charge in [0.15, 0.2) is 5.78 Å². The van der Waals surface area contributed by atoms with E-state index in [9.17, 15) is 36.8 Å². The molecule has 2 saturated carbocycles. The summed E-state index contributed by atoms with van der Waals surface area (Å²) in [4.78, 5) is 12.1. The van der Waals surface area contributed by atoms with Crippen LogP contribution in [0.2, 0.25) is 0 Å². The summed E-state index contributed by atoms with van der Waals surface area (Å²) < 4.78 is 65.5. The third kappa shape index (κ3) is 7.29. The number of alkyl halides is 3. The van der Waals surface area contributed by atoms with Crippen LogP contribution in [0, 0.1) is 28.6 Å². The zero-order chi connectivity index (χ0) is 26.8. The molecule has 5 atom stereocenters. The molecule has 0 radical (unpaired) electrons. The van der Waals surface area contributed by atoms with Crippen LogP contribution in [0.15, 0.2) is 47.1 Å². The van der Waals surface area contributed by atoms with Gasteiger partial charge in [0.05, 0.1) is 18.1 Å². The van der Waals surface area contributed by atoms with E-state index in [4.69, 9.17) is 0 Å². The van der Waals surface area contributed by atoms with E-state index in [0.717, 1.165) is 30.4 Å². The normalized spacial score (nSPS) is 29.0. The van der Waals surface area contributed by atoms with Crippen molar-refractivity contribution in [1.82, 2.24) is 0 Å². The highest BCUT2D eigenvalue weighted by atomic mass is 32.2. The number of hydrogen-bond acceptors (Lipinski definition) is 6. The van der Waals surface area contributed by atoms with Crippen molar-refractivity contribution in [2.75, 3.05) is 0 Å². The maximum absolute atomic E-state index is 12.8. The van der Waals surface area contributed by atoms with Crippen molar-refractivity contribution in [1.29, 1.82) is 5.26 Å². The first-order chi connectivity index (χ1) is 17.3. The Labute approximate surface area is 275 Å². The summed E-state index contributed by atoms with van der Waals surface area (Å²) in [5.41, 5.74) is -3.05. The average molecular weight is 686 g/mol. The SMILES string of the molecule is C.C.C.C[C@]12C[C@H](c3ccc(OS(=O)(=O)C(F)(F)F)cc3)C3=C4CCC(=O)C=C4CC[C@H]3[C@@H]1CC[C@@]2(O)CC#N.S.S.S. The van der Waals surface area contributed by atoms with Crippen molar-refractivity contribution < 1.29 is 35.7 Å². The number of allylic oxidation sites excluding steroid dienone is 4. The molecular weight excluding hydrogens is 640 g/mol. The van der Waals surface area contributed by atoms with Crippen LogP contribution in [0.3, 0.4) is 0 Å². The van der Waals surface area contributed by atoms with Gasteiger partial charge in [-0.15, -0.1) is 0 Å². The monoisotopic (exact) mass is 685 g/mol. The second kappa shape index (κ2) is 15.1.